The van der Waals surface area contributed by atoms with E-state index < -0.39 is 16.0 Å². The van der Waals surface area contributed by atoms with Crippen molar-refractivity contribution in [3.63, 3.8) is 0 Å². The number of nitrogens with one attached hydrogen (secondary N) is 1. The number of hydrogen-bond donors (Lipinski definition) is 2. The highest BCUT2D eigenvalue weighted by Gasteiger charge is 2.35. The van der Waals surface area contributed by atoms with Gasteiger partial charge >= 0.3 is 5.97 Å². The zero-order valence-corrected chi connectivity index (χ0v) is 12.8. The molecule has 2 fully saturated rings. The number of likely N-dealkylation sites (tertiary alicyclic amines) is 1. The van der Waals surface area contributed by atoms with Crippen molar-refractivity contribution in [3.8, 4) is 0 Å². The monoisotopic (exact) mass is 318 g/mol. The molecule has 0 bridgehead atoms. The number of hydrogen-bond acceptors (Lipinski definition) is 4. The molecule has 1 heterocycles. The van der Waals surface area contributed by atoms with E-state index >= 15 is 0 Å². The second-order valence-electron chi connectivity index (χ2n) is 5.81. The molecular formula is C13H22N2O5S. The highest BCUT2D eigenvalue weighted by atomic mass is 32.2. The Morgan fingerprint density at radius 2 is 1.76 bits per heavy atom. The Balaban J connectivity index is 1.71. The minimum absolute atomic E-state index is 0.115. The smallest absolute Gasteiger partial charge is 0.303 e. The molecule has 1 saturated carbocycles. The summed E-state index contributed by atoms with van der Waals surface area (Å²) in [5.41, 5.74) is 0. The molecule has 2 rings (SSSR count). The summed E-state index contributed by atoms with van der Waals surface area (Å²) in [4.78, 5) is 24.1. The van der Waals surface area contributed by atoms with E-state index in [1.165, 1.54) is 0 Å². The van der Waals surface area contributed by atoms with Gasteiger partial charge in [0.25, 0.3) is 0 Å². The highest BCUT2D eigenvalue weighted by molar-refractivity contribution is 7.89. The highest BCUT2D eigenvalue weighted by Crippen LogP contribution is 2.31. The van der Waals surface area contributed by atoms with Crippen LogP contribution < -0.4 is 4.72 Å². The minimum Gasteiger partial charge on any atom is -0.481 e. The fourth-order valence-corrected chi connectivity index (χ4v) is 3.92. The Hall–Kier alpha value is -1.15. The molecule has 8 heteroatoms. The van der Waals surface area contributed by atoms with Crippen LogP contribution in [-0.2, 0) is 19.6 Å². The predicted octanol–water partition coefficient (Wildman–Crippen LogP) is 0.172. The Morgan fingerprint density at radius 1 is 1.14 bits per heavy atom. The van der Waals surface area contributed by atoms with Crippen molar-refractivity contribution >= 4 is 21.9 Å². The SMILES string of the molecule is O=C(O)CCCS(=O)(=O)NC1CCN(C(=O)C2CC2)CC1. The Labute approximate surface area is 124 Å². The van der Waals surface area contributed by atoms with Gasteiger partial charge in [-0.05, 0) is 32.1 Å². The maximum Gasteiger partial charge on any atom is 0.303 e. The van der Waals surface area contributed by atoms with Crippen LogP contribution in [-0.4, -0.2) is 55.2 Å². The number of carbonyl (C=O) groups excluding carboxylic acids is 1. The van der Waals surface area contributed by atoms with Crippen LogP contribution in [0.4, 0.5) is 0 Å². The standard InChI is InChI=1S/C13H22N2O5S/c16-12(17)2-1-9-21(19,20)14-11-5-7-15(8-6-11)13(18)10-3-4-10/h10-11,14H,1-9H2,(H,16,17). The number of carboxylic acids is 1. The first kappa shape index (κ1) is 16.2. The lowest BCUT2D eigenvalue weighted by atomic mass is 10.1. The molecule has 2 N–H and O–H groups in total. The topological polar surface area (TPSA) is 104 Å². The van der Waals surface area contributed by atoms with Gasteiger partial charge in [-0.1, -0.05) is 0 Å². The predicted molar refractivity (Wildman–Crippen MR) is 76.1 cm³/mol. The fourth-order valence-electron chi connectivity index (χ4n) is 2.53. The summed E-state index contributed by atoms with van der Waals surface area (Å²) < 4.78 is 26.3. The third-order valence-electron chi connectivity index (χ3n) is 3.88. The van der Waals surface area contributed by atoms with E-state index in [1.807, 2.05) is 4.90 Å². The van der Waals surface area contributed by atoms with Crippen molar-refractivity contribution < 1.29 is 23.1 Å². The van der Waals surface area contributed by atoms with Gasteiger partial charge in [0.05, 0.1) is 5.75 Å². The van der Waals surface area contributed by atoms with E-state index in [0.29, 0.717) is 25.9 Å². The fraction of sp³-hybridized carbons (Fsp3) is 0.846. The van der Waals surface area contributed by atoms with E-state index in [2.05, 4.69) is 4.72 Å². The summed E-state index contributed by atoms with van der Waals surface area (Å²) >= 11 is 0. The van der Waals surface area contributed by atoms with E-state index in [4.69, 9.17) is 5.11 Å². The normalized spacial score (nSPS) is 20.5. The van der Waals surface area contributed by atoms with E-state index in [1.54, 1.807) is 0 Å². The molecule has 21 heavy (non-hydrogen) atoms. The van der Waals surface area contributed by atoms with Crippen LogP contribution in [0.1, 0.15) is 38.5 Å². The van der Waals surface area contributed by atoms with E-state index in [0.717, 1.165) is 12.8 Å². The molecule has 7 nitrogen and oxygen atoms in total. The molecule has 1 aliphatic carbocycles. The van der Waals surface area contributed by atoms with Crippen LogP contribution in [0.5, 0.6) is 0 Å². The van der Waals surface area contributed by atoms with Gasteiger partial charge in [-0.15, -0.1) is 0 Å². The Bertz CT molecular complexity index is 493. The maximum absolute atomic E-state index is 11.9. The van der Waals surface area contributed by atoms with Gasteiger partial charge in [-0.25, -0.2) is 13.1 Å². The minimum atomic E-state index is -3.44. The van der Waals surface area contributed by atoms with Crippen molar-refractivity contribution in [3.05, 3.63) is 0 Å². The van der Waals surface area contributed by atoms with Crippen LogP contribution in [0.2, 0.25) is 0 Å². The first-order valence-corrected chi connectivity index (χ1v) is 9.03. The molecule has 1 amide bonds. The maximum atomic E-state index is 11.9. The van der Waals surface area contributed by atoms with Crippen molar-refractivity contribution in [1.29, 1.82) is 0 Å². The van der Waals surface area contributed by atoms with E-state index in [-0.39, 0.29) is 36.5 Å². The third-order valence-corrected chi connectivity index (χ3v) is 5.40. The zero-order chi connectivity index (χ0) is 15.5. The number of rotatable bonds is 7. The van der Waals surface area contributed by atoms with Gasteiger partial charge in [-0.3, -0.25) is 9.59 Å². The van der Waals surface area contributed by atoms with E-state index in [9.17, 15) is 18.0 Å². The summed E-state index contributed by atoms with van der Waals surface area (Å²) in [5, 5.41) is 8.51. The van der Waals surface area contributed by atoms with Gasteiger partial charge in [0.1, 0.15) is 0 Å². The first-order valence-electron chi connectivity index (χ1n) is 7.38. The number of carbonyl (C=O) groups is 2. The van der Waals surface area contributed by atoms with Gasteiger partial charge < -0.3 is 10.0 Å². The first-order chi connectivity index (χ1) is 9.87. The lowest BCUT2D eigenvalue weighted by Gasteiger charge is -2.32. The summed E-state index contributed by atoms with van der Waals surface area (Å²) in [6.07, 6.45) is 3.18. The molecule has 2 aliphatic rings. The largest absolute Gasteiger partial charge is 0.481 e. The summed E-state index contributed by atoms with van der Waals surface area (Å²) in [5.74, 6) is -0.746. The molecule has 0 aromatic rings. The molecule has 0 radical (unpaired) electrons. The van der Waals surface area contributed by atoms with Gasteiger partial charge in [0.2, 0.25) is 15.9 Å². The molecule has 1 aliphatic heterocycles. The molecule has 1 saturated heterocycles. The van der Waals surface area contributed by atoms with Crippen LogP contribution in [0.15, 0.2) is 0 Å². The second kappa shape index (κ2) is 6.74. The number of amides is 1. The molecule has 0 unspecified atom stereocenters. The number of sulfonamides is 1. The number of aliphatic carboxylic acids is 1. The quantitative estimate of drug-likeness (QED) is 0.696. The molecule has 0 spiro atoms. The number of piperidine rings is 1. The van der Waals surface area contributed by atoms with Gasteiger partial charge in [-0.2, -0.15) is 0 Å². The van der Waals surface area contributed by atoms with Crippen LogP contribution in [0.3, 0.4) is 0 Å². The Kier molecular flexibility index (Phi) is 5.21. The lowest BCUT2D eigenvalue weighted by Crippen LogP contribution is -2.47. The van der Waals surface area contributed by atoms with Crippen LogP contribution in [0.25, 0.3) is 0 Å². The summed E-state index contributed by atoms with van der Waals surface area (Å²) in [6, 6.07) is -0.150. The zero-order valence-electron chi connectivity index (χ0n) is 12.0. The number of nitrogens with zero attached hydrogens (tertiary/aromatic N) is 1. The van der Waals surface area contributed by atoms with Gasteiger partial charge in [0.15, 0.2) is 0 Å². The van der Waals surface area contributed by atoms with Crippen molar-refractivity contribution in [2.45, 2.75) is 44.6 Å². The molecule has 0 aromatic heterocycles. The number of carboxylic acid groups (broad SMARTS) is 1. The summed E-state index contributed by atoms with van der Waals surface area (Å²) in [7, 11) is -3.44. The van der Waals surface area contributed by atoms with Crippen molar-refractivity contribution in [1.82, 2.24) is 9.62 Å². The average molecular weight is 318 g/mol. The summed E-state index contributed by atoms with van der Waals surface area (Å²) in [6.45, 7) is 1.19. The third kappa shape index (κ3) is 5.28. The lowest BCUT2D eigenvalue weighted by molar-refractivity contribution is -0.137. The average Bonchev–Trinajstić information content (AvgIpc) is 3.21. The Morgan fingerprint density at radius 3 is 2.29 bits per heavy atom. The van der Waals surface area contributed by atoms with Gasteiger partial charge in [0, 0.05) is 31.5 Å². The van der Waals surface area contributed by atoms with Crippen LogP contribution >= 0.6 is 0 Å². The molecule has 120 valence electrons. The van der Waals surface area contributed by atoms with Crippen molar-refractivity contribution in [2.75, 3.05) is 18.8 Å². The second-order valence-corrected chi connectivity index (χ2v) is 7.68. The molecular weight excluding hydrogens is 296 g/mol. The molecule has 0 atom stereocenters. The molecule has 0 aromatic carbocycles. The van der Waals surface area contributed by atoms with Crippen LogP contribution in [0, 0.1) is 5.92 Å². The van der Waals surface area contributed by atoms with Crippen molar-refractivity contribution in [2.24, 2.45) is 5.92 Å².